The van der Waals surface area contributed by atoms with Gasteiger partial charge in [-0.1, -0.05) is 60.7 Å². The quantitative estimate of drug-likeness (QED) is 0.252. The molecule has 12 heteroatoms. The number of rotatable bonds is 12. The van der Waals surface area contributed by atoms with E-state index in [9.17, 15) is 19.2 Å². The average Bonchev–Trinajstić information content (AvgIpc) is 3.39. The molecule has 0 aliphatic rings. The Morgan fingerprint density at radius 2 is 1.53 bits per heavy atom. The standard InChI is InChI=1S/C31H40N6O6/c1-30(2,3)43-29(41)36-31(4,5)28(40)34-23(19-42-18-21-13-9-7-10-14-21)26(38)35-24-17-37(20-33-24)25(27(39)32-6)22-15-11-8-12-16-22/h7-17,20,23,25H,18-19H2,1-6H3,(H,32,39)(H,34,40)(H,35,38)(H,36,41). The van der Waals surface area contributed by atoms with Crippen LogP contribution in [0.3, 0.4) is 0 Å². The molecule has 0 bridgehead atoms. The van der Waals surface area contributed by atoms with Crippen LogP contribution in [-0.2, 0) is 30.5 Å². The Morgan fingerprint density at radius 3 is 2.14 bits per heavy atom. The Bertz CT molecular complexity index is 1380. The highest BCUT2D eigenvalue weighted by Gasteiger charge is 2.35. The van der Waals surface area contributed by atoms with Crippen molar-refractivity contribution in [3.8, 4) is 0 Å². The molecule has 4 amide bonds. The lowest BCUT2D eigenvalue weighted by Crippen LogP contribution is -2.59. The number of benzene rings is 2. The number of carbonyl (C=O) groups excluding carboxylic acids is 4. The van der Waals surface area contributed by atoms with Crippen molar-refractivity contribution in [2.24, 2.45) is 0 Å². The molecule has 1 aromatic heterocycles. The Labute approximate surface area is 251 Å². The maximum absolute atomic E-state index is 13.4. The topological polar surface area (TPSA) is 153 Å². The van der Waals surface area contributed by atoms with Crippen LogP contribution in [0.4, 0.5) is 10.6 Å². The van der Waals surface area contributed by atoms with Gasteiger partial charge in [-0.15, -0.1) is 0 Å². The predicted molar refractivity (Wildman–Crippen MR) is 161 cm³/mol. The molecule has 2 atom stereocenters. The van der Waals surface area contributed by atoms with Gasteiger partial charge in [0.15, 0.2) is 5.82 Å². The number of hydrogen-bond donors (Lipinski definition) is 4. The van der Waals surface area contributed by atoms with E-state index in [4.69, 9.17) is 9.47 Å². The second-order valence-electron chi connectivity index (χ2n) is 11.4. The number of amides is 4. The lowest BCUT2D eigenvalue weighted by Gasteiger charge is -2.29. The van der Waals surface area contributed by atoms with E-state index in [0.717, 1.165) is 11.1 Å². The highest BCUT2D eigenvalue weighted by Crippen LogP contribution is 2.20. The molecule has 2 aromatic carbocycles. The molecule has 12 nitrogen and oxygen atoms in total. The van der Waals surface area contributed by atoms with Crippen LogP contribution in [0.1, 0.15) is 51.8 Å². The predicted octanol–water partition coefficient (Wildman–Crippen LogP) is 3.16. The minimum atomic E-state index is -1.42. The van der Waals surface area contributed by atoms with Crippen LogP contribution >= 0.6 is 0 Å². The zero-order valence-corrected chi connectivity index (χ0v) is 25.3. The number of imidazole rings is 1. The van der Waals surface area contributed by atoms with Gasteiger partial charge in [-0.3, -0.25) is 14.4 Å². The summed E-state index contributed by atoms with van der Waals surface area (Å²) in [6, 6.07) is 16.7. The first-order valence-electron chi connectivity index (χ1n) is 13.8. The van der Waals surface area contributed by atoms with Gasteiger partial charge in [0.2, 0.25) is 11.8 Å². The molecule has 0 aliphatic carbocycles. The van der Waals surface area contributed by atoms with Crippen molar-refractivity contribution >= 4 is 29.6 Å². The Morgan fingerprint density at radius 1 is 0.907 bits per heavy atom. The van der Waals surface area contributed by atoms with Crippen LogP contribution in [0.25, 0.3) is 0 Å². The third-order valence-electron chi connectivity index (χ3n) is 6.16. The number of carbonyl (C=O) groups is 4. The van der Waals surface area contributed by atoms with Gasteiger partial charge in [0.25, 0.3) is 5.91 Å². The summed E-state index contributed by atoms with van der Waals surface area (Å²) in [6.07, 6.45) is 2.20. The number of ether oxygens (including phenoxy) is 2. The van der Waals surface area contributed by atoms with Crippen molar-refractivity contribution in [2.75, 3.05) is 19.0 Å². The number of aromatic nitrogens is 2. The zero-order valence-electron chi connectivity index (χ0n) is 25.3. The van der Waals surface area contributed by atoms with Crippen LogP contribution in [0.2, 0.25) is 0 Å². The molecule has 0 aliphatic heterocycles. The summed E-state index contributed by atoms with van der Waals surface area (Å²) in [5, 5.41) is 10.6. The third kappa shape index (κ3) is 9.96. The van der Waals surface area contributed by atoms with E-state index in [1.165, 1.54) is 26.4 Å². The van der Waals surface area contributed by atoms with Crippen LogP contribution in [0.5, 0.6) is 0 Å². The summed E-state index contributed by atoms with van der Waals surface area (Å²) in [6.45, 7) is 8.17. The number of nitrogens with zero attached hydrogens (tertiary/aromatic N) is 2. The molecule has 43 heavy (non-hydrogen) atoms. The maximum atomic E-state index is 13.4. The summed E-state index contributed by atoms with van der Waals surface area (Å²) in [5.74, 6) is -1.32. The van der Waals surface area contributed by atoms with Gasteiger partial charge in [0.05, 0.1) is 19.5 Å². The van der Waals surface area contributed by atoms with E-state index in [0.29, 0.717) is 0 Å². The Kier molecular flexibility index (Phi) is 11.0. The Balaban J connectivity index is 1.76. The number of nitrogens with one attached hydrogen (secondary N) is 4. The average molecular weight is 593 g/mol. The fraction of sp³-hybridized carbons (Fsp3) is 0.387. The van der Waals surface area contributed by atoms with E-state index in [-0.39, 0.29) is 24.9 Å². The van der Waals surface area contributed by atoms with E-state index in [1.54, 1.807) is 32.4 Å². The summed E-state index contributed by atoms with van der Waals surface area (Å²) < 4.78 is 12.6. The number of alkyl carbamates (subject to hydrolysis) is 1. The minimum absolute atomic E-state index is 0.166. The molecule has 4 N–H and O–H groups in total. The van der Waals surface area contributed by atoms with Crippen LogP contribution < -0.4 is 21.3 Å². The monoisotopic (exact) mass is 592 g/mol. The lowest BCUT2D eigenvalue weighted by molar-refractivity contribution is -0.131. The molecule has 0 spiro atoms. The fourth-order valence-corrected chi connectivity index (χ4v) is 3.99. The van der Waals surface area contributed by atoms with Gasteiger partial charge in [-0.05, 0) is 45.7 Å². The minimum Gasteiger partial charge on any atom is -0.444 e. The van der Waals surface area contributed by atoms with Crippen LogP contribution in [0, 0.1) is 0 Å². The van der Waals surface area contributed by atoms with Crippen molar-refractivity contribution in [1.29, 1.82) is 0 Å². The molecular formula is C31H40N6O6. The first kappa shape index (κ1) is 32.8. The van der Waals surface area contributed by atoms with E-state index < -0.39 is 41.1 Å². The van der Waals surface area contributed by atoms with E-state index >= 15 is 0 Å². The van der Waals surface area contributed by atoms with E-state index in [2.05, 4.69) is 26.3 Å². The van der Waals surface area contributed by atoms with E-state index in [1.807, 2.05) is 60.7 Å². The van der Waals surface area contributed by atoms with Gasteiger partial charge in [-0.2, -0.15) is 0 Å². The zero-order chi connectivity index (χ0) is 31.6. The summed E-state index contributed by atoms with van der Waals surface area (Å²) >= 11 is 0. The summed E-state index contributed by atoms with van der Waals surface area (Å²) in [7, 11) is 1.54. The van der Waals surface area contributed by atoms with Crippen molar-refractivity contribution in [1.82, 2.24) is 25.5 Å². The summed E-state index contributed by atoms with van der Waals surface area (Å²) in [4.78, 5) is 56.0. The molecular weight excluding hydrogens is 552 g/mol. The van der Waals surface area contributed by atoms with Gasteiger partial charge in [0.1, 0.15) is 23.2 Å². The SMILES string of the molecule is CNC(=O)C(c1ccccc1)n1cnc(NC(=O)C(COCc2ccccc2)NC(=O)C(C)(C)NC(=O)OC(C)(C)C)c1. The van der Waals surface area contributed by atoms with Gasteiger partial charge >= 0.3 is 6.09 Å². The van der Waals surface area contributed by atoms with Gasteiger partial charge in [0, 0.05) is 13.2 Å². The summed E-state index contributed by atoms with van der Waals surface area (Å²) in [5.41, 5.74) is -0.556. The molecule has 2 unspecified atom stereocenters. The number of hydrogen-bond acceptors (Lipinski definition) is 7. The molecule has 3 rings (SSSR count). The molecule has 1 heterocycles. The molecule has 230 valence electrons. The maximum Gasteiger partial charge on any atom is 0.408 e. The number of anilines is 1. The number of likely N-dealkylation sites (N-methyl/N-ethyl adjacent to an activating group) is 1. The van der Waals surface area contributed by atoms with Gasteiger partial charge in [-0.25, -0.2) is 9.78 Å². The molecule has 0 radical (unpaired) electrons. The van der Waals surface area contributed by atoms with Gasteiger partial charge < -0.3 is 35.3 Å². The molecule has 0 saturated carbocycles. The van der Waals surface area contributed by atoms with Crippen molar-refractivity contribution in [3.63, 3.8) is 0 Å². The molecule has 3 aromatic rings. The van der Waals surface area contributed by atoms with Crippen molar-refractivity contribution in [2.45, 2.75) is 64.4 Å². The lowest BCUT2D eigenvalue weighted by atomic mass is 10.0. The first-order chi connectivity index (χ1) is 20.3. The second kappa shape index (κ2) is 14.5. The fourth-order valence-electron chi connectivity index (χ4n) is 3.99. The smallest absolute Gasteiger partial charge is 0.408 e. The Hall–Kier alpha value is -4.71. The van der Waals surface area contributed by atoms with Crippen LogP contribution in [0.15, 0.2) is 73.2 Å². The largest absolute Gasteiger partial charge is 0.444 e. The van der Waals surface area contributed by atoms with Crippen LogP contribution in [-0.4, -0.2) is 64.2 Å². The second-order valence-corrected chi connectivity index (χ2v) is 11.4. The first-order valence-corrected chi connectivity index (χ1v) is 13.8. The third-order valence-corrected chi connectivity index (χ3v) is 6.16. The molecule has 0 fully saturated rings. The van der Waals surface area contributed by atoms with Crippen molar-refractivity contribution < 1.29 is 28.7 Å². The highest BCUT2D eigenvalue weighted by molar-refractivity contribution is 5.98. The van der Waals surface area contributed by atoms with Crippen molar-refractivity contribution in [3.05, 3.63) is 84.3 Å². The molecule has 0 saturated heterocycles. The normalized spacial score (nSPS) is 12.9. The highest BCUT2D eigenvalue weighted by atomic mass is 16.6.